The number of ether oxygens (including phenoxy) is 1. The lowest BCUT2D eigenvalue weighted by Gasteiger charge is -2.11. The van der Waals surface area contributed by atoms with Gasteiger partial charge in [-0.05, 0) is 24.9 Å². The molecule has 0 aliphatic heterocycles. The lowest BCUT2D eigenvalue weighted by molar-refractivity contribution is 0.138. The van der Waals surface area contributed by atoms with E-state index in [1.54, 1.807) is 0 Å². The van der Waals surface area contributed by atoms with E-state index in [0.29, 0.717) is 13.0 Å². The number of alkyl halides is 1. The Bertz CT molecular complexity index is 333. The topological polar surface area (TPSA) is 64.3 Å². The maximum Gasteiger partial charge on any atom is 0.408 e. The number of carbonyl (C=O) groups excluding carboxylic acids is 1. The molecule has 0 aliphatic carbocycles. The first-order chi connectivity index (χ1) is 8.22. The summed E-state index contributed by atoms with van der Waals surface area (Å²) in [4.78, 5) is 11.3. The molecule has 0 saturated heterocycles. The predicted octanol–water partition coefficient (Wildman–Crippen LogP) is 2.22. The fraction of sp³-hybridized carbons (Fsp3) is 0.417. The van der Waals surface area contributed by atoms with Gasteiger partial charge in [-0.15, -0.1) is 0 Å². The summed E-state index contributed by atoms with van der Waals surface area (Å²) in [5.41, 5.74) is 5.85. The van der Waals surface area contributed by atoms with Crippen LogP contribution in [0.25, 0.3) is 0 Å². The van der Waals surface area contributed by atoms with E-state index in [2.05, 4.69) is 5.32 Å². The van der Waals surface area contributed by atoms with Crippen molar-refractivity contribution in [1.82, 2.24) is 5.32 Å². The molecule has 0 saturated carbocycles. The first kappa shape index (κ1) is 13.8. The minimum absolute atomic E-state index is 0.243. The Morgan fingerprint density at radius 1 is 1.41 bits per heavy atom. The van der Waals surface area contributed by atoms with Crippen LogP contribution in [0.3, 0.4) is 0 Å². The van der Waals surface area contributed by atoms with Crippen LogP contribution in [0, 0.1) is 0 Å². The molecule has 0 fully saturated rings. The van der Waals surface area contributed by atoms with Gasteiger partial charge in [0.25, 0.3) is 0 Å². The van der Waals surface area contributed by atoms with Gasteiger partial charge in [0.2, 0.25) is 0 Å². The zero-order valence-corrected chi connectivity index (χ0v) is 10.3. The number of hydrogen-bond acceptors (Lipinski definition) is 3. The molecule has 0 bridgehead atoms. The van der Waals surface area contributed by atoms with Crippen molar-refractivity contribution in [1.29, 1.82) is 0 Å². The Balaban J connectivity index is 2.21. The highest BCUT2D eigenvalue weighted by molar-refractivity contribution is 6.21. The molecular formula is C12H17ClN2O2. The zero-order valence-electron chi connectivity index (χ0n) is 9.56. The van der Waals surface area contributed by atoms with Crippen molar-refractivity contribution in [2.75, 3.05) is 6.54 Å². The smallest absolute Gasteiger partial charge is 0.408 e. The van der Waals surface area contributed by atoms with Gasteiger partial charge >= 0.3 is 6.09 Å². The van der Waals surface area contributed by atoms with E-state index in [9.17, 15) is 4.79 Å². The van der Waals surface area contributed by atoms with Crippen LogP contribution in [-0.2, 0) is 11.3 Å². The number of hydrogen-bond donors (Lipinski definition) is 2. The summed E-state index contributed by atoms with van der Waals surface area (Å²) in [5, 5.41) is 2.53. The maximum atomic E-state index is 11.3. The fourth-order valence-corrected chi connectivity index (χ4v) is 1.51. The van der Waals surface area contributed by atoms with Crippen molar-refractivity contribution in [2.45, 2.75) is 24.9 Å². The molecule has 1 atom stereocenters. The van der Waals surface area contributed by atoms with Crippen LogP contribution in [0.15, 0.2) is 30.3 Å². The number of rotatable bonds is 6. The van der Waals surface area contributed by atoms with Crippen molar-refractivity contribution in [2.24, 2.45) is 5.73 Å². The van der Waals surface area contributed by atoms with Crippen molar-refractivity contribution >= 4 is 17.7 Å². The van der Waals surface area contributed by atoms with Crippen LogP contribution in [0.4, 0.5) is 4.79 Å². The fourth-order valence-electron chi connectivity index (χ4n) is 1.26. The van der Waals surface area contributed by atoms with Gasteiger partial charge in [0.15, 0.2) is 0 Å². The van der Waals surface area contributed by atoms with Crippen molar-refractivity contribution in [3.05, 3.63) is 35.9 Å². The zero-order chi connectivity index (χ0) is 12.5. The Hall–Kier alpha value is -1.26. The minimum Gasteiger partial charge on any atom is -0.445 e. The monoisotopic (exact) mass is 256 g/mol. The average Bonchev–Trinajstić information content (AvgIpc) is 2.35. The lowest BCUT2D eigenvalue weighted by Crippen LogP contribution is -2.31. The van der Waals surface area contributed by atoms with Gasteiger partial charge in [0.1, 0.15) is 12.1 Å². The van der Waals surface area contributed by atoms with Gasteiger partial charge in [-0.1, -0.05) is 41.9 Å². The molecule has 1 unspecified atom stereocenters. The number of alkyl carbamates (subject to hydrolysis) is 1. The number of benzene rings is 1. The molecule has 0 heterocycles. The summed E-state index contributed by atoms with van der Waals surface area (Å²) in [6, 6.07) is 9.47. The third-order valence-corrected chi connectivity index (χ3v) is 2.48. The average molecular weight is 257 g/mol. The third-order valence-electron chi connectivity index (χ3n) is 2.15. The van der Waals surface area contributed by atoms with Gasteiger partial charge in [0, 0.05) is 0 Å². The van der Waals surface area contributed by atoms with Crippen molar-refractivity contribution in [3.63, 3.8) is 0 Å². The van der Waals surface area contributed by atoms with E-state index in [1.807, 2.05) is 30.3 Å². The quantitative estimate of drug-likeness (QED) is 0.606. The van der Waals surface area contributed by atoms with E-state index >= 15 is 0 Å². The van der Waals surface area contributed by atoms with Crippen LogP contribution in [0.2, 0.25) is 0 Å². The molecule has 0 spiro atoms. The molecule has 1 aromatic rings. The molecule has 1 amide bonds. The van der Waals surface area contributed by atoms with Gasteiger partial charge in [-0.2, -0.15) is 0 Å². The molecule has 17 heavy (non-hydrogen) atoms. The summed E-state index contributed by atoms with van der Waals surface area (Å²) in [7, 11) is 0. The molecule has 0 aromatic heterocycles. The SMILES string of the molecule is NCCCC(Cl)NC(=O)OCc1ccccc1. The summed E-state index contributed by atoms with van der Waals surface area (Å²) in [6.45, 7) is 0.803. The highest BCUT2D eigenvalue weighted by Gasteiger charge is 2.09. The second-order valence-electron chi connectivity index (χ2n) is 3.60. The molecule has 3 N–H and O–H groups in total. The van der Waals surface area contributed by atoms with Crippen molar-refractivity contribution in [3.8, 4) is 0 Å². The summed E-state index contributed by atoms with van der Waals surface area (Å²) in [5.74, 6) is 0. The molecule has 1 aromatic carbocycles. The molecule has 0 radical (unpaired) electrons. The molecule has 94 valence electrons. The maximum absolute atomic E-state index is 11.3. The van der Waals surface area contributed by atoms with E-state index in [-0.39, 0.29) is 6.61 Å². The lowest BCUT2D eigenvalue weighted by atomic mass is 10.2. The first-order valence-electron chi connectivity index (χ1n) is 5.53. The molecule has 5 heteroatoms. The Morgan fingerprint density at radius 3 is 2.76 bits per heavy atom. The predicted molar refractivity (Wildman–Crippen MR) is 67.7 cm³/mol. The Labute approximate surface area is 106 Å². The number of nitrogens with two attached hydrogens (primary N) is 1. The van der Waals surface area contributed by atoms with E-state index in [1.165, 1.54) is 0 Å². The molecule has 4 nitrogen and oxygen atoms in total. The van der Waals surface area contributed by atoms with Crippen molar-refractivity contribution < 1.29 is 9.53 Å². The standard InChI is InChI=1S/C12H17ClN2O2/c13-11(7-4-8-14)15-12(16)17-9-10-5-2-1-3-6-10/h1-3,5-6,11H,4,7-9,14H2,(H,15,16). The highest BCUT2D eigenvalue weighted by atomic mass is 35.5. The normalized spacial score (nSPS) is 11.9. The van der Waals surface area contributed by atoms with E-state index < -0.39 is 11.6 Å². The van der Waals surface area contributed by atoms with Gasteiger partial charge in [-0.25, -0.2) is 4.79 Å². The largest absolute Gasteiger partial charge is 0.445 e. The highest BCUT2D eigenvalue weighted by Crippen LogP contribution is 2.03. The molecule has 0 aliphatic rings. The van der Waals surface area contributed by atoms with Gasteiger partial charge < -0.3 is 15.8 Å². The molecule has 1 rings (SSSR count). The minimum atomic E-state index is -0.508. The van der Waals surface area contributed by atoms with E-state index in [4.69, 9.17) is 22.1 Å². The number of halogens is 1. The first-order valence-corrected chi connectivity index (χ1v) is 5.97. The second-order valence-corrected chi connectivity index (χ2v) is 4.13. The summed E-state index contributed by atoms with van der Waals surface area (Å²) >= 11 is 5.87. The summed E-state index contributed by atoms with van der Waals surface area (Å²) < 4.78 is 5.01. The summed E-state index contributed by atoms with van der Waals surface area (Å²) in [6.07, 6.45) is 0.900. The van der Waals surface area contributed by atoms with Gasteiger partial charge in [-0.3, -0.25) is 0 Å². The Morgan fingerprint density at radius 2 is 2.12 bits per heavy atom. The number of nitrogens with one attached hydrogen (secondary N) is 1. The van der Waals surface area contributed by atoms with Crippen LogP contribution in [-0.4, -0.2) is 18.1 Å². The van der Waals surface area contributed by atoms with Gasteiger partial charge in [0.05, 0.1) is 0 Å². The van der Waals surface area contributed by atoms with Crippen LogP contribution in [0.5, 0.6) is 0 Å². The third kappa shape index (κ3) is 6.14. The second kappa shape index (κ2) is 7.92. The van der Waals surface area contributed by atoms with Crippen LogP contribution >= 0.6 is 11.6 Å². The number of carbonyl (C=O) groups is 1. The Kier molecular flexibility index (Phi) is 6.43. The molecular weight excluding hydrogens is 240 g/mol. The van der Waals surface area contributed by atoms with Crippen LogP contribution in [0.1, 0.15) is 18.4 Å². The van der Waals surface area contributed by atoms with Crippen LogP contribution < -0.4 is 11.1 Å². The van der Waals surface area contributed by atoms with E-state index in [0.717, 1.165) is 12.0 Å². The number of amides is 1.